The molecule has 58 valence electrons. The van der Waals surface area contributed by atoms with Crippen LogP contribution in [-0.4, -0.2) is 18.6 Å². The van der Waals surface area contributed by atoms with Crippen LogP contribution in [0.3, 0.4) is 0 Å². The highest BCUT2D eigenvalue weighted by Crippen LogP contribution is 2.11. The number of pyridine rings is 1. The van der Waals surface area contributed by atoms with E-state index in [4.69, 9.17) is 19.4 Å². The summed E-state index contributed by atoms with van der Waals surface area (Å²) in [5.41, 5.74) is 0.413. The molecule has 1 heterocycles. The molecule has 1 aromatic heterocycles. The monoisotopic (exact) mass is 177 g/mol. The lowest BCUT2D eigenvalue weighted by atomic mass is 10.0. The highest BCUT2D eigenvalue weighted by molar-refractivity contribution is 6.35. The predicted molar refractivity (Wildman–Crippen MR) is 49.2 cm³/mol. The van der Waals surface area contributed by atoms with E-state index in [0.29, 0.717) is 0 Å². The number of carbonyl (C=O) groups excluding carboxylic acids is 1. The Morgan fingerprint density at radius 3 is 2.92 bits per heavy atom. The second-order valence-electron chi connectivity index (χ2n) is 2.13. The van der Waals surface area contributed by atoms with Crippen LogP contribution in [-0.2, 0) is 0 Å². The van der Waals surface area contributed by atoms with Gasteiger partial charge in [0.1, 0.15) is 13.5 Å². The summed E-state index contributed by atoms with van der Waals surface area (Å²) in [6.45, 7) is 3.32. The first kappa shape index (κ1) is 9.01. The van der Waals surface area contributed by atoms with Crippen LogP contribution in [0.25, 0.3) is 0 Å². The molecule has 0 fully saturated rings. The molecule has 12 heavy (non-hydrogen) atoms. The first-order valence-corrected chi connectivity index (χ1v) is 3.61. The van der Waals surface area contributed by atoms with Crippen LogP contribution >= 0.6 is 11.6 Å². The van der Waals surface area contributed by atoms with Gasteiger partial charge in [-0.15, -0.1) is 0 Å². The number of hydrogen-bond acceptors (Lipinski definition) is 2. The fourth-order valence-corrected chi connectivity index (χ4v) is 0.925. The molecule has 1 aromatic rings. The molecule has 0 amide bonds. The average Bonchev–Trinajstić information content (AvgIpc) is 2.08. The van der Waals surface area contributed by atoms with E-state index in [1.165, 1.54) is 12.1 Å². The van der Waals surface area contributed by atoms with Crippen molar-refractivity contribution in [2.45, 2.75) is 0 Å². The van der Waals surface area contributed by atoms with Crippen LogP contribution in [0.4, 0.5) is 0 Å². The zero-order valence-electron chi connectivity index (χ0n) is 6.25. The van der Waals surface area contributed by atoms with Gasteiger partial charge in [-0.1, -0.05) is 24.2 Å². The zero-order chi connectivity index (χ0) is 9.14. The second-order valence-corrected chi connectivity index (χ2v) is 2.54. The van der Waals surface area contributed by atoms with Gasteiger partial charge in [-0.2, -0.15) is 0 Å². The van der Waals surface area contributed by atoms with Crippen molar-refractivity contribution in [2.75, 3.05) is 0 Å². The lowest BCUT2D eigenvalue weighted by molar-refractivity contribution is 0.104. The zero-order valence-corrected chi connectivity index (χ0v) is 7.01. The van der Waals surface area contributed by atoms with Crippen molar-refractivity contribution < 1.29 is 4.79 Å². The Morgan fingerprint density at radius 1 is 1.67 bits per heavy atom. The molecule has 0 saturated carbocycles. The Morgan fingerprint density at radius 2 is 2.33 bits per heavy atom. The van der Waals surface area contributed by atoms with Gasteiger partial charge in [0.2, 0.25) is 5.78 Å². The first-order chi connectivity index (χ1) is 5.65. The number of hydrogen-bond donors (Lipinski definition) is 0. The summed E-state index contributed by atoms with van der Waals surface area (Å²) in [5, 5.41) is 0.286. The van der Waals surface area contributed by atoms with E-state index < -0.39 is 0 Å². The summed E-state index contributed by atoms with van der Waals surface area (Å²) in [6, 6.07) is 3.06. The Kier molecular flexibility index (Phi) is 2.66. The molecule has 0 N–H and O–H groups in total. The maximum atomic E-state index is 11.1. The van der Waals surface area contributed by atoms with Crippen molar-refractivity contribution in [2.24, 2.45) is 0 Å². The quantitative estimate of drug-likeness (QED) is 0.382. The van der Waals surface area contributed by atoms with Crippen LogP contribution < -0.4 is 5.59 Å². The number of ketones is 1. The second kappa shape index (κ2) is 3.54. The Balaban J connectivity index is 3.22. The lowest BCUT2D eigenvalue weighted by Gasteiger charge is -1.99. The van der Waals surface area contributed by atoms with Gasteiger partial charge in [-0.05, 0) is 17.7 Å². The number of allylic oxidation sites excluding steroid dienone is 1. The summed E-state index contributed by atoms with van der Waals surface area (Å²) in [4.78, 5) is 14.8. The SMILES string of the molecule is [B]c1ccc(Cl)c(C(=O)C=C)n1. The third-order valence-corrected chi connectivity index (χ3v) is 1.59. The number of halogens is 1. The molecular weight excluding hydrogens is 172 g/mol. The van der Waals surface area contributed by atoms with Crippen LogP contribution in [0.15, 0.2) is 24.8 Å². The Bertz CT molecular complexity index is 338. The molecule has 2 radical (unpaired) electrons. The molecule has 0 aliphatic rings. The minimum Gasteiger partial charge on any atom is -0.288 e. The van der Waals surface area contributed by atoms with E-state index in [0.717, 1.165) is 6.08 Å². The normalized spacial score (nSPS) is 9.42. The van der Waals surface area contributed by atoms with Crippen molar-refractivity contribution in [1.29, 1.82) is 0 Å². The minimum absolute atomic E-state index is 0.145. The molecule has 2 nitrogen and oxygen atoms in total. The Hall–Kier alpha value is -1.09. The molecule has 1 rings (SSSR count). The van der Waals surface area contributed by atoms with Gasteiger partial charge in [0, 0.05) is 0 Å². The fraction of sp³-hybridized carbons (Fsp3) is 0. The summed E-state index contributed by atoms with van der Waals surface area (Å²) in [6.07, 6.45) is 1.15. The van der Waals surface area contributed by atoms with Gasteiger partial charge in [0.05, 0.1) is 5.02 Å². The smallest absolute Gasteiger partial charge is 0.205 e. The van der Waals surface area contributed by atoms with Crippen molar-refractivity contribution in [3.05, 3.63) is 35.5 Å². The highest BCUT2D eigenvalue weighted by atomic mass is 35.5. The van der Waals surface area contributed by atoms with Crippen LogP contribution in [0.2, 0.25) is 5.02 Å². The molecule has 0 spiro atoms. The summed E-state index contributed by atoms with van der Waals surface area (Å²) in [7, 11) is 5.36. The topological polar surface area (TPSA) is 30.0 Å². The molecule has 4 heteroatoms. The lowest BCUT2D eigenvalue weighted by Crippen LogP contribution is -2.13. The standard InChI is InChI=1S/C8H5BClNO/c1-2-6(12)8-5(10)3-4-7(9)11-8/h2-4H,1H2. The van der Waals surface area contributed by atoms with E-state index >= 15 is 0 Å². The molecular formula is C8H5BClNO. The number of carbonyl (C=O) groups is 1. The van der Waals surface area contributed by atoms with Crippen molar-refractivity contribution in [1.82, 2.24) is 4.98 Å². The molecule has 0 aromatic carbocycles. The minimum atomic E-state index is -0.327. The highest BCUT2D eigenvalue weighted by Gasteiger charge is 2.07. The van der Waals surface area contributed by atoms with Crippen LogP contribution in [0.5, 0.6) is 0 Å². The van der Waals surface area contributed by atoms with E-state index in [9.17, 15) is 4.79 Å². The third-order valence-electron chi connectivity index (χ3n) is 1.29. The van der Waals surface area contributed by atoms with Crippen molar-refractivity contribution in [3.8, 4) is 0 Å². The first-order valence-electron chi connectivity index (χ1n) is 3.24. The van der Waals surface area contributed by atoms with Gasteiger partial charge in [0.15, 0.2) is 0 Å². The summed E-state index contributed by atoms with van der Waals surface area (Å²) < 4.78 is 0. The van der Waals surface area contributed by atoms with Crippen LogP contribution in [0, 0.1) is 0 Å². The van der Waals surface area contributed by atoms with Gasteiger partial charge >= 0.3 is 0 Å². The Labute approximate surface area is 76.7 Å². The van der Waals surface area contributed by atoms with E-state index in [1.807, 2.05) is 0 Å². The number of nitrogens with zero attached hydrogens (tertiary/aromatic N) is 1. The van der Waals surface area contributed by atoms with Crippen molar-refractivity contribution >= 4 is 30.8 Å². The van der Waals surface area contributed by atoms with E-state index in [2.05, 4.69) is 11.6 Å². The largest absolute Gasteiger partial charge is 0.288 e. The number of rotatable bonds is 2. The molecule has 0 atom stereocenters. The third kappa shape index (κ3) is 1.74. The van der Waals surface area contributed by atoms with E-state index in [-0.39, 0.29) is 22.1 Å². The molecule has 0 aliphatic heterocycles. The molecule has 0 bridgehead atoms. The van der Waals surface area contributed by atoms with Gasteiger partial charge in [-0.3, -0.25) is 9.78 Å². The van der Waals surface area contributed by atoms with Crippen molar-refractivity contribution in [3.63, 3.8) is 0 Å². The predicted octanol–water partition coefficient (Wildman–Crippen LogP) is 0.897. The molecule has 0 unspecified atom stereocenters. The van der Waals surface area contributed by atoms with Crippen LogP contribution in [0.1, 0.15) is 10.5 Å². The maximum Gasteiger partial charge on any atom is 0.205 e. The summed E-state index contributed by atoms with van der Waals surface area (Å²) >= 11 is 5.68. The van der Waals surface area contributed by atoms with E-state index in [1.54, 1.807) is 0 Å². The van der Waals surface area contributed by atoms with Gasteiger partial charge in [-0.25, -0.2) is 0 Å². The maximum absolute atomic E-state index is 11.1. The fourth-order valence-electron chi connectivity index (χ4n) is 0.727. The molecule has 0 aliphatic carbocycles. The number of aromatic nitrogens is 1. The molecule has 0 saturated heterocycles. The van der Waals surface area contributed by atoms with Gasteiger partial charge < -0.3 is 0 Å². The summed E-state index contributed by atoms with van der Waals surface area (Å²) in [5.74, 6) is -0.327. The average molecular weight is 177 g/mol. The van der Waals surface area contributed by atoms with Gasteiger partial charge in [0.25, 0.3) is 0 Å².